The smallest absolute Gasteiger partial charge is 0.121 e. The average Bonchev–Trinajstić information content (AvgIpc) is 4.20. The number of para-hydroxylation sites is 2. The van der Waals surface area contributed by atoms with Gasteiger partial charge in [-0.2, -0.15) is 0 Å². The minimum Gasteiger partial charge on any atom is -0.501 e. The van der Waals surface area contributed by atoms with Crippen LogP contribution in [0.15, 0.2) is 187 Å². The van der Waals surface area contributed by atoms with Gasteiger partial charge in [-0.3, -0.25) is 4.98 Å². The molecule has 1 radical (unpaired) electrons. The predicted molar refractivity (Wildman–Crippen MR) is 324 cm³/mol. The molecule has 0 amide bonds. The summed E-state index contributed by atoms with van der Waals surface area (Å²) in [7, 11) is 0. The molecule has 0 aliphatic heterocycles. The molecule has 12 rings (SSSR count). The Balaban J connectivity index is 0.000000347. The molecule has 4 nitrogen and oxygen atoms in total. The van der Waals surface area contributed by atoms with Crippen molar-refractivity contribution in [2.45, 2.75) is 118 Å². The van der Waals surface area contributed by atoms with E-state index in [0.29, 0.717) is 0 Å². The molecule has 3 aromatic heterocycles. The van der Waals surface area contributed by atoms with Crippen LogP contribution in [0.2, 0.25) is 0 Å². The third kappa shape index (κ3) is 9.27. The Hall–Kier alpha value is -7.17. The van der Waals surface area contributed by atoms with Gasteiger partial charge in [-0.25, -0.2) is 0 Å². The maximum Gasteiger partial charge on any atom is 0.121 e. The van der Waals surface area contributed by atoms with Crippen LogP contribution in [-0.2, 0) is 36.4 Å². The van der Waals surface area contributed by atoms with Crippen molar-refractivity contribution in [3.05, 3.63) is 222 Å². The molecule has 0 atom stereocenters. The van der Waals surface area contributed by atoms with Crippen LogP contribution in [0.4, 0.5) is 0 Å². The number of imidazole rings is 1. The first-order chi connectivity index (χ1) is 36.8. The first-order valence-corrected chi connectivity index (χ1v) is 27.5. The Morgan fingerprint density at radius 2 is 1.19 bits per heavy atom. The SMILES string of the molecule is CC(C)(C)c1ccc(-c2[c-]cccc2)nc1.CC(C)c1cc(-c2ccc3c(c2)C(C)(C)C(C)(C)C(C)(C)c2ccccc2-3)cc(C(C)C)c1-n1c(-c2[c-]ccc3c2oc2cc(-c4ccccc4)ccc23)nc2ccccc21.[Ir]. The summed E-state index contributed by atoms with van der Waals surface area (Å²) < 4.78 is 9.26. The molecule has 0 bridgehead atoms. The second-order valence-corrected chi connectivity index (χ2v) is 24.5. The van der Waals surface area contributed by atoms with Crippen LogP contribution >= 0.6 is 0 Å². The van der Waals surface area contributed by atoms with E-state index >= 15 is 0 Å². The summed E-state index contributed by atoms with van der Waals surface area (Å²) >= 11 is 0. The number of fused-ring (bicyclic) bond motifs is 7. The summed E-state index contributed by atoms with van der Waals surface area (Å²) in [6.45, 7) is 30.6. The number of rotatable bonds is 7. The molecule has 78 heavy (non-hydrogen) atoms. The summed E-state index contributed by atoms with van der Waals surface area (Å²) in [5, 5.41) is 2.15. The van der Waals surface area contributed by atoms with Gasteiger partial charge in [0.25, 0.3) is 0 Å². The Labute approximate surface area is 476 Å². The molecule has 0 saturated heterocycles. The van der Waals surface area contributed by atoms with Crippen LogP contribution in [0.1, 0.15) is 130 Å². The quantitative estimate of drug-likeness (QED) is 0.149. The summed E-state index contributed by atoms with van der Waals surface area (Å²) in [6.07, 6.45) is 1.95. The van der Waals surface area contributed by atoms with Crippen molar-refractivity contribution >= 4 is 33.0 Å². The van der Waals surface area contributed by atoms with Gasteiger partial charge in [0, 0.05) is 37.4 Å². The summed E-state index contributed by atoms with van der Waals surface area (Å²) in [6, 6.07) is 69.9. The van der Waals surface area contributed by atoms with E-state index < -0.39 is 0 Å². The Morgan fingerprint density at radius 1 is 0.551 bits per heavy atom. The van der Waals surface area contributed by atoms with E-state index in [1.165, 1.54) is 55.8 Å². The number of nitrogens with zero attached hydrogens (tertiary/aromatic N) is 3. The largest absolute Gasteiger partial charge is 0.501 e. The van der Waals surface area contributed by atoms with Crippen molar-refractivity contribution in [2.24, 2.45) is 5.41 Å². The van der Waals surface area contributed by atoms with Crippen LogP contribution in [0.3, 0.4) is 0 Å². The van der Waals surface area contributed by atoms with Gasteiger partial charge in [0.05, 0.1) is 22.4 Å². The third-order valence-corrected chi connectivity index (χ3v) is 17.6. The molecule has 395 valence electrons. The molecule has 5 heteroatoms. The maximum absolute atomic E-state index is 6.86. The first kappa shape index (κ1) is 54.2. The Bertz CT molecular complexity index is 3950. The van der Waals surface area contributed by atoms with Gasteiger partial charge in [0.15, 0.2) is 0 Å². The average molecular weight is 1200 g/mol. The zero-order chi connectivity index (χ0) is 54.2. The molecule has 8 aromatic carbocycles. The number of furan rings is 1. The second-order valence-electron chi connectivity index (χ2n) is 24.5. The van der Waals surface area contributed by atoms with E-state index in [1.807, 2.05) is 36.5 Å². The van der Waals surface area contributed by atoms with E-state index in [0.717, 1.165) is 66.7 Å². The zero-order valence-electron chi connectivity index (χ0n) is 47.6. The number of hydrogen-bond acceptors (Lipinski definition) is 3. The van der Waals surface area contributed by atoms with Crippen molar-refractivity contribution in [1.29, 1.82) is 0 Å². The van der Waals surface area contributed by atoms with E-state index in [4.69, 9.17) is 9.40 Å². The molecule has 0 N–H and O–H groups in total. The number of pyridine rings is 1. The molecule has 0 unspecified atom stereocenters. The molecule has 0 saturated carbocycles. The Morgan fingerprint density at radius 3 is 1.87 bits per heavy atom. The fraction of sp³-hybridized carbons (Fsp3) is 0.260. The summed E-state index contributed by atoms with van der Waals surface area (Å²) in [4.78, 5) is 9.90. The fourth-order valence-corrected chi connectivity index (χ4v) is 11.9. The van der Waals surface area contributed by atoms with Crippen molar-refractivity contribution in [2.75, 3.05) is 0 Å². The van der Waals surface area contributed by atoms with Crippen molar-refractivity contribution in [1.82, 2.24) is 14.5 Å². The molecule has 1 aliphatic carbocycles. The topological polar surface area (TPSA) is 43.9 Å². The molecular weight excluding hydrogens is 1130 g/mol. The predicted octanol–water partition coefficient (Wildman–Crippen LogP) is 20.1. The van der Waals surface area contributed by atoms with Gasteiger partial charge in [-0.15, -0.1) is 54.1 Å². The van der Waals surface area contributed by atoms with Gasteiger partial charge in [0.1, 0.15) is 5.58 Å². The van der Waals surface area contributed by atoms with E-state index in [9.17, 15) is 0 Å². The fourth-order valence-electron chi connectivity index (χ4n) is 11.9. The van der Waals surface area contributed by atoms with Crippen LogP contribution in [-0.4, -0.2) is 14.5 Å². The first-order valence-electron chi connectivity index (χ1n) is 27.5. The normalized spacial score (nSPS) is 14.4. The van der Waals surface area contributed by atoms with Crippen LogP contribution in [0.25, 0.3) is 94.7 Å². The minimum atomic E-state index is -0.121. The van der Waals surface area contributed by atoms with Gasteiger partial charge in [-0.05, 0) is 137 Å². The summed E-state index contributed by atoms with van der Waals surface area (Å²) in [5.41, 5.74) is 21.8. The summed E-state index contributed by atoms with van der Waals surface area (Å²) in [5.74, 6) is 1.29. The molecule has 0 fully saturated rings. The van der Waals surface area contributed by atoms with E-state index in [2.05, 4.69) is 257 Å². The monoisotopic (exact) mass is 1200 g/mol. The molecule has 0 spiro atoms. The second kappa shape index (κ2) is 20.6. The van der Waals surface area contributed by atoms with E-state index in [-0.39, 0.29) is 53.6 Å². The number of hydrogen-bond donors (Lipinski definition) is 0. The van der Waals surface area contributed by atoms with Gasteiger partial charge >= 0.3 is 0 Å². The van der Waals surface area contributed by atoms with Gasteiger partial charge in [-0.1, -0.05) is 204 Å². The number of aromatic nitrogens is 3. The third-order valence-electron chi connectivity index (χ3n) is 17.6. The maximum atomic E-state index is 6.86. The molecule has 1 aliphatic rings. The Kier molecular flexibility index (Phi) is 14.3. The minimum absolute atomic E-state index is 0. The van der Waals surface area contributed by atoms with Crippen LogP contribution < -0.4 is 0 Å². The van der Waals surface area contributed by atoms with Crippen molar-refractivity contribution in [3.63, 3.8) is 0 Å². The van der Waals surface area contributed by atoms with Gasteiger partial charge < -0.3 is 14.0 Å². The van der Waals surface area contributed by atoms with Crippen molar-refractivity contribution < 1.29 is 24.5 Å². The van der Waals surface area contributed by atoms with E-state index in [1.54, 1.807) is 0 Å². The van der Waals surface area contributed by atoms with Crippen molar-refractivity contribution in [3.8, 4) is 61.7 Å². The van der Waals surface area contributed by atoms with Gasteiger partial charge in [0.2, 0.25) is 0 Å². The molecular formula is C73H71IrN3O-2. The van der Waals surface area contributed by atoms with Crippen LogP contribution in [0, 0.1) is 17.5 Å². The molecule has 11 aromatic rings. The van der Waals surface area contributed by atoms with Crippen LogP contribution in [0.5, 0.6) is 0 Å². The molecule has 3 heterocycles. The standard InChI is InChI=1S/C58H55N2O.C15H16N.Ir/c1-35(2)46-31-40(38-27-29-42-41-21-14-15-24-48(41)56(5,6)58(9,10)57(7,8)49(42)33-38)32-47(36(3)4)53(46)60-51-26-17-16-25-50(51)59-55(60)45-23-18-22-44-43-30-28-39(34-52(43)61-54(44)45)37-19-12-11-13-20-37;1-15(2,3)13-9-10-14(16-11-13)12-7-5-4-6-8-12;/h11-22,24-36H,1-10H3;4-7,9-11H,1-3H3;/q2*-1;. The zero-order valence-corrected chi connectivity index (χ0v) is 50.0. The number of benzene rings is 8.